The molecular formula is C28H36ClN7O5S. The zero-order valence-corrected chi connectivity index (χ0v) is 25.7. The van der Waals surface area contributed by atoms with Crippen molar-refractivity contribution in [3.05, 3.63) is 52.3 Å². The lowest BCUT2D eigenvalue weighted by Gasteiger charge is -2.40. The van der Waals surface area contributed by atoms with Gasteiger partial charge >= 0.3 is 5.97 Å². The van der Waals surface area contributed by atoms with E-state index in [1.165, 1.54) is 18.2 Å². The number of anilines is 2. The average molecular weight is 618 g/mol. The lowest BCUT2D eigenvalue weighted by Crippen LogP contribution is -2.55. The molecule has 4 heterocycles. The van der Waals surface area contributed by atoms with E-state index < -0.39 is 22.0 Å². The number of benzene rings is 1. The zero-order valence-electron chi connectivity index (χ0n) is 24.1. The molecule has 226 valence electrons. The number of fused-ring (bicyclic) bond motifs is 1. The number of esters is 1. The summed E-state index contributed by atoms with van der Waals surface area (Å²) < 4.78 is 33.6. The first-order chi connectivity index (χ1) is 19.8. The van der Waals surface area contributed by atoms with Crippen molar-refractivity contribution in [3.8, 4) is 0 Å². The second-order valence-corrected chi connectivity index (χ2v) is 13.6. The van der Waals surface area contributed by atoms with Gasteiger partial charge in [0, 0.05) is 29.4 Å². The van der Waals surface area contributed by atoms with Gasteiger partial charge in [-0.05, 0) is 50.3 Å². The average Bonchev–Trinajstić information content (AvgIpc) is 3.32. The number of nitrogens with one attached hydrogen (secondary N) is 1. The van der Waals surface area contributed by atoms with Gasteiger partial charge in [-0.2, -0.15) is 5.10 Å². The van der Waals surface area contributed by atoms with Crippen LogP contribution in [0.2, 0.25) is 5.02 Å². The molecule has 2 aliphatic rings. The summed E-state index contributed by atoms with van der Waals surface area (Å²) in [6, 6.07) is 5.43. The molecule has 0 bridgehead atoms. The maximum Gasteiger partial charge on any atom is 0.323 e. The van der Waals surface area contributed by atoms with Crippen molar-refractivity contribution >= 4 is 50.7 Å². The molecule has 14 heteroatoms. The molecule has 3 aromatic rings. The normalized spacial score (nSPS) is 18.7. The van der Waals surface area contributed by atoms with Crippen LogP contribution in [0, 0.1) is 12.8 Å². The van der Waals surface area contributed by atoms with Gasteiger partial charge in [-0.15, -0.1) is 0 Å². The van der Waals surface area contributed by atoms with E-state index in [-0.39, 0.29) is 35.2 Å². The van der Waals surface area contributed by atoms with Crippen molar-refractivity contribution in [2.45, 2.75) is 58.2 Å². The molecule has 2 aliphatic heterocycles. The Hall–Kier alpha value is -3.42. The number of piperidine rings is 1. The minimum absolute atomic E-state index is 0.00291. The third-order valence-corrected chi connectivity index (χ3v) is 8.48. The van der Waals surface area contributed by atoms with E-state index in [4.69, 9.17) is 32.2 Å². The van der Waals surface area contributed by atoms with E-state index in [2.05, 4.69) is 4.72 Å². The molecule has 12 nitrogen and oxygen atoms in total. The molecule has 5 rings (SSSR count). The fraction of sp³-hybridized carbons (Fsp3) is 0.500. The Morgan fingerprint density at radius 1 is 1.19 bits per heavy atom. The number of rotatable bonds is 8. The van der Waals surface area contributed by atoms with Crippen molar-refractivity contribution in [2.24, 2.45) is 11.7 Å². The maximum absolute atomic E-state index is 13.8. The highest BCUT2D eigenvalue weighted by Gasteiger charge is 2.35. The number of hydrogen-bond donors (Lipinski definition) is 2. The predicted octanol–water partition coefficient (Wildman–Crippen LogP) is 3.15. The molecule has 2 atom stereocenters. The van der Waals surface area contributed by atoms with Crippen LogP contribution in [0.4, 0.5) is 11.5 Å². The number of aryl methyl sites for hydroxylation is 1. The fourth-order valence-corrected chi connectivity index (χ4v) is 6.07. The fourth-order valence-electron chi connectivity index (χ4n) is 5.32. The van der Waals surface area contributed by atoms with E-state index in [1.807, 2.05) is 37.9 Å². The number of carbonyl (C=O) groups is 2. The van der Waals surface area contributed by atoms with Crippen molar-refractivity contribution in [3.63, 3.8) is 0 Å². The molecule has 42 heavy (non-hydrogen) atoms. The van der Waals surface area contributed by atoms with Crippen LogP contribution in [-0.2, 0) is 19.6 Å². The first-order valence-corrected chi connectivity index (χ1v) is 16.2. The summed E-state index contributed by atoms with van der Waals surface area (Å²) in [7, 11) is -3.61. The van der Waals surface area contributed by atoms with Crippen LogP contribution in [0.5, 0.6) is 0 Å². The molecule has 1 aromatic carbocycles. The minimum Gasteiger partial charge on any atom is -0.457 e. The number of sulfonamides is 1. The number of halogens is 1. The summed E-state index contributed by atoms with van der Waals surface area (Å²) in [4.78, 5) is 34.7. The van der Waals surface area contributed by atoms with Crippen molar-refractivity contribution in [1.29, 1.82) is 0 Å². The van der Waals surface area contributed by atoms with Gasteiger partial charge in [0.25, 0.3) is 5.91 Å². The molecule has 0 radical (unpaired) electrons. The standard InChI is InChI=1S/C28H36ClN7O5S/c1-16(2)25(30)28(38)41-19-14-34(15-19)26-17(3)13-36-24(31-26)12-22(32-36)23-7-5-6-10-35(23)27(37)20-11-18(29)8-9-21(20)33-42(4,39)40/h8-9,11-13,16,19,23,25,33H,5-7,10,14-15,30H2,1-4H3/t23-,25-/m0/s1. The van der Waals surface area contributed by atoms with Gasteiger partial charge < -0.3 is 20.3 Å². The number of carbonyl (C=O) groups excluding carboxylic acids is 2. The van der Waals surface area contributed by atoms with Gasteiger partial charge in [-0.3, -0.25) is 14.3 Å². The second-order valence-electron chi connectivity index (χ2n) is 11.4. The summed E-state index contributed by atoms with van der Waals surface area (Å²) >= 11 is 6.20. The summed E-state index contributed by atoms with van der Waals surface area (Å²) in [5.41, 5.74) is 8.52. The Bertz CT molecular complexity index is 1620. The number of hydrogen-bond acceptors (Lipinski definition) is 9. The van der Waals surface area contributed by atoms with E-state index in [1.54, 1.807) is 9.42 Å². The molecular weight excluding hydrogens is 582 g/mol. The highest BCUT2D eigenvalue weighted by atomic mass is 35.5. The summed E-state index contributed by atoms with van der Waals surface area (Å²) in [5.74, 6) is 0.0666. The Kier molecular flexibility index (Phi) is 8.37. The number of ether oxygens (including phenoxy) is 1. The van der Waals surface area contributed by atoms with Crippen LogP contribution in [-0.4, -0.2) is 77.8 Å². The Morgan fingerprint density at radius 3 is 2.62 bits per heavy atom. The van der Waals surface area contributed by atoms with Gasteiger partial charge in [0.05, 0.1) is 42.3 Å². The van der Waals surface area contributed by atoms with Crippen molar-refractivity contribution < 1.29 is 22.7 Å². The molecule has 2 aromatic heterocycles. The van der Waals surface area contributed by atoms with Crippen LogP contribution < -0.4 is 15.4 Å². The SMILES string of the molecule is Cc1cn2nc([C@@H]3CCCCN3C(=O)c3cc(Cl)ccc3NS(C)(=O)=O)cc2nc1N1CC(OC(=O)[C@@H](N)C(C)C)C1. The number of likely N-dealkylation sites (tertiary alicyclic amines) is 1. The molecule has 2 saturated heterocycles. The molecule has 0 spiro atoms. The van der Waals surface area contributed by atoms with Crippen LogP contribution in [0.25, 0.3) is 5.65 Å². The van der Waals surface area contributed by atoms with Crippen molar-refractivity contribution in [2.75, 3.05) is 35.5 Å². The molecule has 1 amide bonds. The van der Waals surface area contributed by atoms with Crippen LogP contribution in [0.3, 0.4) is 0 Å². The monoisotopic (exact) mass is 617 g/mol. The number of amides is 1. The van der Waals surface area contributed by atoms with E-state index in [9.17, 15) is 18.0 Å². The summed E-state index contributed by atoms with van der Waals surface area (Å²) in [6.45, 7) is 7.26. The summed E-state index contributed by atoms with van der Waals surface area (Å²) in [5, 5.41) is 5.11. The van der Waals surface area contributed by atoms with Gasteiger partial charge in [-0.25, -0.2) is 17.9 Å². The molecule has 0 saturated carbocycles. The highest BCUT2D eigenvalue weighted by molar-refractivity contribution is 7.92. The van der Waals surface area contributed by atoms with Gasteiger partial charge in [-0.1, -0.05) is 25.4 Å². The topological polar surface area (TPSA) is 152 Å². The molecule has 0 aliphatic carbocycles. The minimum atomic E-state index is -3.61. The lowest BCUT2D eigenvalue weighted by atomic mass is 9.98. The van der Waals surface area contributed by atoms with E-state index in [0.717, 1.165) is 30.5 Å². The summed E-state index contributed by atoms with van der Waals surface area (Å²) in [6.07, 6.45) is 5.13. The van der Waals surface area contributed by atoms with Crippen molar-refractivity contribution in [1.82, 2.24) is 19.5 Å². The van der Waals surface area contributed by atoms with Gasteiger partial charge in [0.2, 0.25) is 10.0 Å². The number of aromatic nitrogens is 3. The quantitative estimate of drug-likeness (QED) is 0.363. The molecule has 0 unspecified atom stereocenters. The lowest BCUT2D eigenvalue weighted by molar-refractivity contribution is -0.152. The van der Waals surface area contributed by atoms with E-state index in [0.29, 0.717) is 42.4 Å². The third-order valence-electron chi connectivity index (χ3n) is 7.66. The largest absolute Gasteiger partial charge is 0.457 e. The Labute approximate surface area is 250 Å². The third kappa shape index (κ3) is 6.32. The van der Waals surface area contributed by atoms with Crippen LogP contribution in [0.1, 0.15) is 60.8 Å². The van der Waals surface area contributed by atoms with Gasteiger partial charge in [0.1, 0.15) is 18.0 Å². The second kappa shape index (κ2) is 11.7. The maximum atomic E-state index is 13.8. The Balaban J connectivity index is 1.36. The van der Waals surface area contributed by atoms with Gasteiger partial charge in [0.15, 0.2) is 5.65 Å². The zero-order chi connectivity index (χ0) is 30.3. The number of nitrogens with zero attached hydrogens (tertiary/aromatic N) is 5. The van der Waals surface area contributed by atoms with Crippen LogP contribution >= 0.6 is 11.6 Å². The molecule has 2 fully saturated rings. The van der Waals surface area contributed by atoms with E-state index >= 15 is 0 Å². The van der Waals surface area contributed by atoms with Crippen LogP contribution in [0.15, 0.2) is 30.5 Å². The highest BCUT2D eigenvalue weighted by Crippen LogP contribution is 2.34. The Morgan fingerprint density at radius 2 is 1.93 bits per heavy atom. The predicted molar refractivity (Wildman–Crippen MR) is 160 cm³/mol. The smallest absolute Gasteiger partial charge is 0.323 e. The number of nitrogens with two attached hydrogens (primary N) is 1. The molecule has 3 N–H and O–H groups in total. The first kappa shape index (κ1) is 30.1. The first-order valence-electron chi connectivity index (χ1n) is 14.0.